The third-order valence-electron chi connectivity index (χ3n) is 11.8. The first-order valence-corrected chi connectivity index (χ1v) is 21.7. The summed E-state index contributed by atoms with van der Waals surface area (Å²) in [6.45, 7) is 5.42. The second kappa shape index (κ2) is 13.5. The summed E-state index contributed by atoms with van der Waals surface area (Å²) in [5.74, 6) is -1.17. The van der Waals surface area contributed by atoms with E-state index in [-0.39, 0.29) is 37.3 Å². The first-order valence-electron chi connectivity index (χ1n) is 18.4. The topological polar surface area (TPSA) is 90.4 Å². The van der Waals surface area contributed by atoms with Crippen molar-refractivity contribution < 1.29 is 28.3 Å². The summed E-state index contributed by atoms with van der Waals surface area (Å²) in [5.41, 5.74) is 4.54. The average molecular weight is 752 g/mol. The van der Waals surface area contributed by atoms with E-state index in [0.717, 1.165) is 27.9 Å². The molecule has 0 aliphatic carbocycles. The molecule has 0 aromatic heterocycles. The molecule has 1 N–H and O–H groups in total. The molecule has 8 nitrogen and oxygen atoms in total. The van der Waals surface area contributed by atoms with Crippen LogP contribution in [0.1, 0.15) is 47.6 Å². The van der Waals surface area contributed by atoms with Gasteiger partial charge in [-0.2, -0.15) is 0 Å². The molecule has 3 amide bonds. The van der Waals surface area contributed by atoms with Crippen molar-refractivity contribution in [2.45, 2.75) is 82.1 Å². The fourth-order valence-corrected chi connectivity index (χ4v) is 12.1. The summed E-state index contributed by atoms with van der Waals surface area (Å²) in [4.78, 5) is 47.5. The molecule has 0 radical (unpaired) electrons. The van der Waals surface area contributed by atoms with Gasteiger partial charge in [-0.15, -0.1) is 0 Å². The highest BCUT2D eigenvalue weighted by molar-refractivity contribution is 6.72. The molecule has 1 spiro atoms. The molecule has 1 saturated heterocycles. The van der Waals surface area contributed by atoms with Crippen molar-refractivity contribution in [1.82, 2.24) is 4.90 Å². The van der Waals surface area contributed by atoms with Gasteiger partial charge in [-0.05, 0) is 84.6 Å². The van der Waals surface area contributed by atoms with Crippen LogP contribution in [0.5, 0.6) is 0 Å². The van der Waals surface area contributed by atoms with Gasteiger partial charge >= 0.3 is 0 Å². The van der Waals surface area contributed by atoms with E-state index in [1.54, 1.807) is 46.0 Å². The number of ether oxygens (including phenoxy) is 1. The van der Waals surface area contributed by atoms with Crippen LogP contribution >= 0.6 is 11.6 Å². The van der Waals surface area contributed by atoms with Gasteiger partial charge in [-0.1, -0.05) is 73.1 Å². The maximum absolute atomic E-state index is 16.6. The maximum Gasteiger partial charge on any atom is 0.264 e. The van der Waals surface area contributed by atoms with Crippen LogP contribution in [0.2, 0.25) is 23.7 Å². The second-order valence-electron chi connectivity index (χ2n) is 15.4. The van der Waals surface area contributed by atoms with Gasteiger partial charge in [0.25, 0.3) is 5.91 Å². The molecule has 11 heteroatoms. The Balaban J connectivity index is 1.12. The number of benzene rings is 4. The number of aliphatic hydroxyl groups excluding tert-OH is 1. The first kappa shape index (κ1) is 35.7. The predicted molar refractivity (Wildman–Crippen MR) is 205 cm³/mol. The average Bonchev–Trinajstić information content (AvgIpc) is 3.56. The highest BCUT2D eigenvalue weighted by atomic mass is 35.5. The smallest absolute Gasteiger partial charge is 0.264 e. The Morgan fingerprint density at radius 2 is 1.68 bits per heavy atom. The van der Waals surface area contributed by atoms with Gasteiger partial charge < -0.3 is 23.8 Å². The van der Waals surface area contributed by atoms with Crippen molar-refractivity contribution in [3.63, 3.8) is 0 Å². The Hall–Kier alpha value is -4.35. The molecule has 274 valence electrons. The summed E-state index contributed by atoms with van der Waals surface area (Å²) in [5, 5.41) is 10.7. The van der Waals surface area contributed by atoms with Crippen LogP contribution in [0.25, 0.3) is 0 Å². The number of carbonyl (C=O) groups is 3. The Bertz CT molecular complexity index is 2120. The molecule has 0 bridgehead atoms. The molecular weight excluding hydrogens is 709 g/mol. The summed E-state index contributed by atoms with van der Waals surface area (Å²) in [6, 6.07) is 28.3. The molecule has 4 aliphatic heterocycles. The third kappa shape index (κ3) is 6.00. The lowest BCUT2D eigenvalue weighted by Gasteiger charge is -2.37. The van der Waals surface area contributed by atoms with Crippen molar-refractivity contribution in [2.24, 2.45) is 5.92 Å². The molecule has 8 rings (SSSR count). The van der Waals surface area contributed by atoms with E-state index in [4.69, 9.17) is 16.3 Å². The summed E-state index contributed by atoms with van der Waals surface area (Å²) >= 11 is 6.60. The molecule has 0 saturated carbocycles. The maximum atomic E-state index is 16.6. The number of hydrogen-bond acceptors (Lipinski definition) is 5. The number of rotatable bonds is 7. The molecule has 1 fully saturated rings. The van der Waals surface area contributed by atoms with Crippen LogP contribution in [0.3, 0.4) is 0 Å². The van der Waals surface area contributed by atoms with E-state index in [2.05, 4.69) is 0 Å². The minimum Gasteiger partial charge on any atom is -0.394 e. The van der Waals surface area contributed by atoms with Crippen LogP contribution in [0.4, 0.5) is 21.2 Å². The lowest BCUT2D eigenvalue weighted by molar-refractivity contribution is -0.151. The first-order chi connectivity index (χ1) is 25.4. The van der Waals surface area contributed by atoms with Gasteiger partial charge in [0, 0.05) is 40.7 Å². The van der Waals surface area contributed by atoms with Gasteiger partial charge in [0.15, 0.2) is 5.60 Å². The van der Waals surface area contributed by atoms with Gasteiger partial charge in [0.1, 0.15) is 0 Å². The van der Waals surface area contributed by atoms with E-state index < -0.39 is 37.6 Å². The Morgan fingerprint density at radius 1 is 0.943 bits per heavy atom. The minimum atomic E-state index is -3.55. The number of fused-ring (bicyclic) bond motifs is 4. The number of aliphatic hydroxyl groups is 1. The monoisotopic (exact) mass is 751 g/mol. The number of para-hydroxylation sites is 1. The third-order valence-corrected chi connectivity index (χ3v) is 14.5. The van der Waals surface area contributed by atoms with Gasteiger partial charge in [-0.3, -0.25) is 19.3 Å². The van der Waals surface area contributed by atoms with Crippen LogP contribution in [0.15, 0.2) is 91.0 Å². The lowest BCUT2D eigenvalue weighted by Crippen LogP contribution is -2.48. The van der Waals surface area contributed by atoms with Crippen LogP contribution in [-0.4, -0.2) is 54.9 Å². The van der Waals surface area contributed by atoms with Crippen molar-refractivity contribution >= 4 is 54.8 Å². The van der Waals surface area contributed by atoms with Crippen molar-refractivity contribution in [2.75, 3.05) is 16.4 Å². The summed E-state index contributed by atoms with van der Waals surface area (Å²) in [7, 11) is -3.55. The standard InChI is InChI=1S/C42H43ClFN3O5Si/c1-26-40(53(2,3)44)37(22-39(50)45-24-30-12-5-4-11-29(30)20-33(45)25-48)52-42(26)34-21-31(43)16-17-36(34)46(41(42)51)23-27-9-8-13-32(19-27)47-35-14-7-6-10-28(35)15-18-38(47)49/h4-14,16-17,19,21,26,33,37,40,48H,15,18,20,22-25H2,1-3H3/t26-,33-,37+,40-,42+/m0/s1. The minimum absolute atomic E-state index is 0.00826. The number of nitrogens with zero attached hydrogens (tertiary/aromatic N) is 3. The normalized spacial score (nSPS) is 25.1. The van der Waals surface area contributed by atoms with E-state index >= 15 is 8.90 Å². The number of aryl methyl sites for hydroxylation is 1. The second-order valence-corrected chi connectivity index (χ2v) is 19.6. The number of anilines is 3. The van der Waals surface area contributed by atoms with Gasteiger partial charge in [0.05, 0.1) is 43.1 Å². The zero-order chi connectivity index (χ0) is 37.2. The number of halogens is 2. The molecule has 4 aliphatic rings. The molecule has 4 aromatic rings. The number of amides is 3. The number of carbonyl (C=O) groups excluding carboxylic acids is 3. The molecule has 0 unspecified atom stereocenters. The van der Waals surface area contributed by atoms with Crippen LogP contribution < -0.4 is 9.80 Å². The van der Waals surface area contributed by atoms with E-state index in [1.165, 1.54) is 0 Å². The van der Waals surface area contributed by atoms with Crippen LogP contribution in [0, 0.1) is 5.92 Å². The quantitative estimate of drug-likeness (QED) is 0.155. The van der Waals surface area contributed by atoms with Crippen molar-refractivity contribution in [3.8, 4) is 0 Å². The summed E-state index contributed by atoms with van der Waals surface area (Å²) in [6.07, 6.45) is 0.628. The number of hydrogen-bond donors (Lipinski definition) is 1. The predicted octanol–water partition coefficient (Wildman–Crippen LogP) is 7.61. The summed E-state index contributed by atoms with van der Waals surface area (Å²) < 4.78 is 23.4. The largest absolute Gasteiger partial charge is 0.394 e. The Labute approximate surface area is 315 Å². The van der Waals surface area contributed by atoms with Gasteiger partial charge in [0.2, 0.25) is 20.2 Å². The molecule has 53 heavy (non-hydrogen) atoms. The van der Waals surface area contributed by atoms with E-state index in [9.17, 15) is 14.7 Å². The zero-order valence-corrected chi connectivity index (χ0v) is 31.9. The van der Waals surface area contributed by atoms with Crippen LogP contribution in [-0.2, 0) is 50.7 Å². The zero-order valence-electron chi connectivity index (χ0n) is 30.1. The van der Waals surface area contributed by atoms with E-state index in [0.29, 0.717) is 47.8 Å². The Kier molecular flexibility index (Phi) is 9.08. The van der Waals surface area contributed by atoms with Gasteiger partial charge in [-0.25, -0.2) is 0 Å². The molecular formula is C42H43ClFN3O5Si. The molecule has 4 aromatic carbocycles. The highest BCUT2D eigenvalue weighted by Gasteiger charge is 2.67. The Morgan fingerprint density at radius 3 is 2.43 bits per heavy atom. The SMILES string of the molecule is C[C@H]1[C@H]([Si](C)(C)F)[C@@H](CC(=O)N2Cc3ccccc3C[C@H]2CO)O[C@]12C(=O)N(Cc1cccc(N3C(=O)CCc4ccccc43)c1)c1ccc(Cl)cc12. The van der Waals surface area contributed by atoms with Crippen molar-refractivity contribution in [3.05, 3.63) is 124 Å². The fraction of sp³-hybridized carbons (Fsp3) is 0.357. The van der Waals surface area contributed by atoms with Crippen molar-refractivity contribution in [1.29, 1.82) is 0 Å². The lowest BCUT2D eigenvalue weighted by atomic mass is 9.82. The van der Waals surface area contributed by atoms with E-state index in [1.807, 2.05) is 79.7 Å². The molecule has 4 heterocycles. The highest BCUT2D eigenvalue weighted by Crippen LogP contribution is 2.60. The fourth-order valence-electron chi connectivity index (χ4n) is 9.40. The molecule has 5 atom stereocenters.